The summed E-state index contributed by atoms with van der Waals surface area (Å²) in [7, 11) is 1.90. The predicted molar refractivity (Wildman–Crippen MR) is 73.3 cm³/mol. The van der Waals surface area contributed by atoms with Gasteiger partial charge in [0.1, 0.15) is 18.6 Å². The molecule has 0 spiro atoms. The number of ether oxygens (including phenoxy) is 1. The van der Waals surface area contributed by atoms with E-state index in [-0.39, 0.29) is 6.04 Å². The maximum atomic E-state index is 13.3. The number of nitrogens with two attached hydrogens (primary N) is 1. The molecule has 0 radical (unpaired) electrons. The lowest BCUT2D eigenvalue weighted by atomic mass is 10.1. The number of nitrogens with one attached hydrogen (secondary N) is 1. The van der Waals surface area contributed by atoms with Crippen LogP contribution in [0, 0.1) is 0 Å². The summed E-state index contributed by atoms with van der Waals surface area (Å²) in [6.45, 7) is 2.44. The van der Waals surface area contributed by atoms with Gasteiger partial charge in [0.2, 0.25) is 0 Å². The highest BCUT2D eigenvalue weighted by molar-refractivity contribution is 5.44. The lowest BCUT2D eigenvalue weighted by Crippen LogP contribution is -2.31. The van der Waals surface area contributed by atoms with Crippen molar-refractivity contribution in [3.8, 4) is 6.01 Å². The summed E-state index contributed by atoms with van der Waals surface area (Å²) in [5.74, 6) is 0.495. The first kappa shape index (κ1) is 13.5. The van der Waals surface area contributed by atoms with Crippen molar-refractivity contribution in [1.29, 1.82) is 0 Å². The maximum absolute atomic E-state index is 13.3. The van der Waals surface area contributed by atoms with Crippen LogP contribution in [-0.4, -0.2) is 53.8 Å². The van der Waals surface area contributed by atoms with E-state index in [4.69, 9.17) is 10.5 Å². The zero-order valence-electron chi connectivity index (χ0n) is 11.6. The van der Waals surface area contributed by atoms with Crippen LogP contribution in [0.15, 0.2) is 0 Å². The van der Waals surface area contributed by atoms with Crippen molar-refractivity contribution in [2.75, 3.05) is 32.5 Å². The smallest absolute Gasteiger partial charge is 0.318 e. The number of rotatable bonds is 3. The molecule has 2 aliphatic heterocycles. The molecule has 2 aliphatic rings. The summed E-state index contributed by atoms with van der Waals surface area (Å²) in [5.41, 5.74) is 7.86. The SMILES string of the molecule is CN1C[C@H](F)C[C@H]1COc1nc(N)c2c(n1)CNCC2. The molecule has 0 aromatic carbocycles. The average molecular weight is 281 g/mol. The van der Waals surface area contributed by atoms with Gasteiger partial charge in [0.05, 0.1) is 5.69 Å². The van der Waals surface area contributed by atoms with Crippen molar-refractivity contribution in [3.63, 3.8) is 0 Å². The minimum Gasteiger partial charge on any atom is -0.462 e. The molecule has 1 saturated heterocycles. The quantitative estimate of drug-likeness (QED) is 0.820. The van der Waals surface area contributed by atoms with E-state index in [0.717, 1.165) is 24.2 Å². The molecule has 0 saturated carbocycles. The average Bonchev–Trinajstić information content (AvgIpc) is 2.75. The van der Waals surface area contributed by atoms with Gasteiger partial charge in [0.25, 0.3) is 0 Å². The number of likely N-dealkylation sites (N-methyl/N-ethyl adjacent to an activating group) is 1. The van der Waals surface area contributed by atoms with Crippen LogP contribution in [0.25, 0.3) is 0 Å². The number of alkyl halides is 1. The molecule has 0 amide bonds. The van der Waals surface area contributed by atoms with Crippen LogP contribution in [0.2, 0.25) is 0 Å². The summed E-state index contributed by atoms with van der Waals surface area (Å²) < 4.78 is 18.9. The highest BCUT2D eigenvalue weighted by Gasteiger charge is 2.30. The second kappa shape index (κ2) is 5.49. The summed E-state index contributed by atoms with van der Waals surface area (Å²) in [6, 6.07) is 0.365. The Morgan fingerprint density at radius 1 is 1.50 bits per heavy atom. The van der Waals surface area contributed by atoms with E-state index in [2.05, 4.69) is 15.3 Å². The van der Waals surface area contributed by atoms with Crippen molar-refractivity contribution in [2.45, 2.75) is 31.6 Å². The maximum Gasteiger partial charge on any atom is 0.318 e. The molecule has 110 valence electrons. The molecule has 20 heavy (non-hydrogen) atoms. The van der Waals surface area contributed by atoms with Gasteiger partial charge in [-0.1, -0.05) is 0 Å². The van der Waals surface area contributed by atoms with Crippen molar-refractivity contribution in [2.24, 2.45) is 0 Å². The van der Waals surface area contributed by atoms with Crippen LogP contribution < -0.4 is 15.8 Å². The number of aromatic nitrogens is 2. The molecular weight excluding hydrogens is 261 g/mol. The lowest BCUT2D eigenvalue weighted by Gasteiger charge is -2.20. The summed E-state index contributed by atoms with van der Waals surface area (Å²) in [5, 5.41) is 3.25. The normalized spacial score (nSPS) is 26.5. The summed E-state index contributed by atoms with van der Waals surface area (Å²) >= 11 is 0. The first-order chi connectivity index (χ1) is 9.63. The van der Waals surface area contributed by atoms with E-state index in [1.807, 2.05) is 11.9 Å². The van der Waals surface area contributed by atoms with Crippen LogP contribution in [0.4, 0.5) is 10.2 Å². The Bertz CT molecular complexity index is 498. The lowest BCUT2D eigenvalue weighted by molar-refractivity contribution is 0.187. The van der Waals surface area contributed by atoms with E-state index in [9.17, 15) is 4.39 Å². The zero-order chi connectivity index (χ0) is 14.1. The van der Waals surface area contributed by atoms with E-state index in [1.54, 1.807) is 0 Å². The van der Waals surface area contributed by atoms with Gasteiger partial charge in [-0.3, -0.25) is 4.90 Å². The Morgan fingerprint density at radius 2 is 2.35 bits per heavy atom. The van der Waals surface area contributed by atoms with Crippen LogP contribution in [0.5, 0.6) is 6.01 Å². The Hall–Kier alpha value is -1.47. The van der Waals surface area contributed by atoms with Gasteiger partial charge in [0.15, 0.2) is 0 Å². The van der Waals surface area contributed by atoms with Crippen molar-refractivity contribution in [3.05, 3.63) is 11.3 Å². The van der Waals surface area contributed by atoms with E-state index >= 15 is 0 Å². The molecule has 3 heterocycles. The second-order valence-electron chi connectivity index (χ2n) is 5.48. The van der Waals surface area contributed by atoms with Gasteiger partial charge in [-0.25, -0.2) is 4.39 Å². The number of halogens is 1. The molecule has 0 bridgehead atoms. The minimum atomic E-state index is -0.771. The molecule has 1 aromatic rings. The van der Waals surface area contributed by atoms with Crippen LogP contribution in [0.1, 0.15) is 17.7 Å². The van der Waals surface area contributed by atoms with E-state index in [1.165, 1.54) is 0 Å². The molecule has 2 atom stereocenters. The fourth-order valence-electron chi connectivity index (χ4n) is 2.81. The number of nitrogens with zero attached hydrogens (tertiary/aromatic N) is 3. The number of nitrogen functional groups attached to an aromatic ring is 1. The zero-order valence-corrected chi connectivity index (χ0v) is 11.6. The van der Waals surface area contributed by atoms with Gasteiger partial charge >= 0.3 is 6.01 Å². The number of anilines is 1. The van der Waals surface area contributed by atoms with E-state index in [0.29, 0.717) is 37.9 Å². The third-order valence-electron chi connectivity index (χ3n) is 3.99. The summed E-state index contributed by atoms with van der Waals surface area (Å²) in [4.78, 5) is 10.6. The van der Waals surface area contributed by atoms with Crippen molar-refractivity contribution >= 4 is 5.82 Å². The molecule has 1 aromatic heterocycles. The first-order valence-electron chi connectivity index (χ1n) is 6.96. The van der Waals surface area contributed by atoms with Gasteiger partial charge in [-0.2, -0.15) is 9.97 Å². The standard InChI is InChI=1S/C13H20FN5O/c1-19-6-8(14)4-9(19)7-20-13-17-11-5-16-3-2-10(11)12(15)18-13/h8-9,16H,2-7H2,1H3,(H2,15,17,18)/t8-,9+/m1/s1. The van der Waals surface area contributed by atoms with Crippen LogP contribution >= 0.6 is 0 Å². The molecule has 0 unspecified atom stereocenters. The van der Waals surface area contributed by atoms with Crippen LogP contribution in [0.3, 0.4) is 0 Å². The highest BCUT2D eigenvalue weighted by Crippen LogP contribution is 2.22. The minimum absolute atomic E-state index is 0.0731. The van der Waals surface area contributed by atoms with Gasteiger partial charge in [0, 0.05) is 24.7 Å². The number of fused-ring (bicyclic) bond motifs is 1. The molecular formula is C13H20FN5O. The third-order valence-corrected chi connectivity index (χ3v) is 3.99. The Balaban J connectivity index is 1.67. The number of likely N-dealkylation sites (tertiary alicyclic amines) is 1. The highest BCUT2D eigenvalue weighted by atomic mass is 19.1. The molecule has 3 rings (SSSR count). The topological polar surface area (TPSA) is 76.3 Å². The number of hydrogen-bond donors (Lipinski definition) is 2. The second-order valence-corrected chi connectivity index (χ2v) is 5.48. The van der Waals surface area contributed by atoms with E-state index < -0.39 is 6.17 Å². The van der Waals surface area contributed by atoms with Gasteiger partial charge in [-0.05, 0) is 26.4 Å². The van der Waals surface area contributed by atoms with Crippen LogP contribution in [-0.2, 0) is 13.0 Å². The third kappa shape index (κ3) is 2.69. The Kier molecular flexibility index (Phi) is 3.71. The molecule has 3 N–H and O–H groups in total. The molecule has 0 aliphatic carbocycles. The molecule has 7 heteroatoms. The van der Waals surface area contributed by atoms with Crippen molar-refractivity contribution < 1.29 is 9.13 Å². The first-order valence-corrected chi connectivity index (χ1v) is 6.96. The van der Waals surface area contributed by atoms with Gasteiger partial charge < -0.3 is 15.8 Å². The molecule has 1 fully saturated rings. The largest absolute Gasteiger partial charge is 0.462 e. The predicted octanol–water partition coefficient (Wildman–Crippen LogP) is 0.126. The number of hydrogen-bond acceptors (Lipinski definition) is 6. The Labute approximate surface area is 117 Å². The fraction of sp³-hybridized carbons (Fsp3) is 0.692. The van der Waals surface area contributed by atoms with Crippen molar-refractivity contribution in [1.82, 2.24) is 20.2 Å². The van der Waals surface area contributed by atoms with Gasteiger partial charge in [-0.15, -0.1) is 0 Å². The summed E-state index contributed by atoms with van der Waals surface area (Å²) in [6.07, 6.45) is 0.571. The fourth-order valence-corrected chi connectivity index (χ4v) is 2.81. The monoisotopic (exact) mass is 281 g/mol. The molecule has 6 nitrogen and oxygen atoms in total. The Morgan fingerprint density at radius 3 is 3.10 bits per heavy atom.